The van der Waals surface area contributed by atoms with Crippen molar-refractivity contribution in [3.05, 3.63) is 34.6 Å². The van der Waals surface area contributed by atoms with Crippen LogP contribution in [0.5, 0.6) is 0 Å². The number of carbonyl (C=O) groups excluding carboxylic acids is 3. The van der Waals surface area contributed by atoms with Crippen LogP contribution < -0.4 is 0 Å². The van der Waals surface area contributed by atoms with E-state index in [0.29, 0.717) is 12.8 Å². The number of ether oxygens (including phenoxy) is 1. The van der Waals surface area contributed by atoms with E-state index in [0.717, 1.165) is 17.7 Å². The second-order valence-corrected chi connectivity index (χ2v) is 6.94. The lowest BCUT2D eigenvalue weighted by Gasteiger charge is -2.21. The van der Waals surface area contributed by atoms with Crippen LogP contribution in [0.3, 0.4) is 0 Å². The zero-order valence-electron chi connectivity index (χ0n) is 13.8. The predicted molar refractivity (Wildman–Crippen MR) is 88.0 cm³/mol. The van der Waals surface area contributed by atoms with E-state index in [1.165, 1.54) is 25.1 Å². The van der Waals surface area contributed by atoms with E-state index in [1.54, 1.807) is 0 Å². The first-order valence-corrected chi connectivity index (χ1v) is 8.76. The van der Waals surface area contributed by atoms with E-state index in [2.05, 4.69) is 0 Å². The molecule has 1 aliphatic carbocycles. The van der Waals surface area contributed by atoms with Gasteiger partial charge in [-0.3, -0.25) is 14.5 Å². The Kier molecular flexibility index (Phi) is 5.08. The third kappa shape index (κ3) is 3.27. The summed E-state index contributed by atoms with van der Waals surface area (Å²) >= 11 is 5.90. The van der Waals surface area contributed by atoms with Crippen molar-refractivity contribution >= 4 is 29.4 Å². The molecule has 2 aliphatic rings. The van der Waals surface area contributed by atoms with E-state index in [1.807, 2.05) is 0 Å². The Balaban J connectivity index is 1.68. The van der Waals surface area contributed by atoms with Crippen LogP contribution in [0.25, 0.3) is 0 Å². The smallest absolute Gasteiger partial charge is 0.329 e. The Morgan fingerprint density at radius 1 is 1.28 bits per heavy atom. The van der Waals surface area contributed by atoms with Gasteiger partial charge in [0.1, 0.15) is 18.5 Å². The molecule has 1 saturated carbocycles. The molecule has 5 nitrogen and oxygen atoms in total. The lowest BCUT2D eigenvalue weighted by molar-refractivity contribution is -0.159. The maximum atomic E-state index is 13.7. The zero-order chi connectivity index (χ0) is 18.1. The highest BCUT2D eigenvalue weighted by molar-refractivity contribution is 6.31. The molecule has 0 aromatic heterocycles. The number of fused-ring (bicyclic) bond motifs is 1. The van der Waals surface area contributed by atoms with Gasteiger partial charge in [-0.05, 0) is 31.9 Å². The number of carbonyl (C=O) groups is 3. The summed E-state index contributed by atoms with van der Waals surface area (Å²) in [5.74, 6) is -2.58. The summed E-state index contributed by atoms with van der Waals surface area (Å²) in [6, 6.07) is 3.14. The average Bonchev–Trinajstić information content (AvgIpc) is 2.85. The molecule has 3 rings (SSSR count). The van der Waals surface area contributed by atoms with E-state index in [-0.39, 0.29) is 40.8 Å². The van der Waals surface area contributed by atoms with Gasteiger partial charge in [-0.25, -0.2) is 9.18 Å². The minimum atomic E-state index is -1.03. The van der Waals surface area contributed by atoms with E-state index < -0.39 is 17.8 Å². The minimum Gasteiger partial charge on any atom is -0.459 e. The van der Waals surface area contributed by atoms with E-state index in [4.69, 9.17) is 16.3 Å². The SMILES string of the molecule is C[C@H](C(=O)OCc1c(F)cccc1Cl)N1C(=O)[C@H]2CCCC[C@@H]2C1=O. The number of hydrogen-bond acceptors (Lipinski definition) is 4. The molecule has 1 aromatic rings. The topological polar surface area (TPSA) is 63.7 Å². The summed E-state index contributed by atoms with van der Waals surface area (Å²) in [6.07, 6.45) is 3.19. The van der Waals surface area contributed by atoms with Gasteiger partial charge in [0.15, 0.2) is 0 Å². The molecule has 0 unspecified atom stereocenters. The summed E-state index contributed by atoms with van der Waals surface area (Å²) in [5.41, 5.74) is 0.0671. The van der Waals surface area contributed by atoms with Crippen molar-refractivity contribution in [1.82, 2.24) is 4.90 Å². The Bertz CT molecular complexity index is 679. The van der Waals surface area contributed by atoms with Gasteiger partial charge in [-0.2, -0.15) is 0 Å². The van der Waals surface area contributed by atoms with Gasteiger partial charge < -0.3 is 4.74 Å². The second-order valence-electron chi connectivity index (χ2n) is 6.53. The van der Waals surface area contributed by atoms with Gasteiger partial charge in [0.25, 0.3) is 0 Å². The summed E-state index contributed by atoms with van der Waals surface area (Å²) in [6.45, 7) is 1.11. The Labute approximate surface area is 150 Å². The lowest BCUT2D eigenvalue weighted by atomic mass is 9.81. The van der Waals surface area contributed by atoms with Gasteiger partial charge in [-0.1, -0.05) is 30.5 Å². The third-order valence-corrected chi connectivity index (χ3v) is 5.38. The molecule has 0 bridgehead atoms. The van der Waals surface area contributed by atoms with Crippen molar-refractivity contribution in [3.63, 3.8) is 0 Å². The van der Waals surface area contributed by atoms with Gasteiger partial charge in [-0.15, -0.1) is 0 Å². The van der Waals surface area contributed by atoms with Gasteiger partial charge in [0.2, 0.25) is 11.8 Å². The number of likely N-dealkylation sites (tertiary alicyclic amines) is 1. The number of hydrogen-bond donors (Lipinski definition) is 0. The normalized spacial score (nSPS) is 24.2. The van der Waals surface area contributed by atoms with Crippen molar-refractivity contribution in [2.45, 2.75) is 45.3 Å². The molecule has 1 aliphatic heterocycles. The van der Waals surface area contributed by atoms with Crippen LogP contribution in [0.1, 0.15) is 38.2 Å². The van der Waals surface area contributed by atoms with Crippen LogP contribution >= 0.6 is 11.6 Å². The highest BCUT2D eigenvalue weighted by atomic mass is 35.5. The summed E-state index contributed by atoms with van der Waals surface area (Å²) in [7, 11) is 0. The number of halogens is 2. The first-order valence-electron chi connectivity index (χ1n) is 8.38. The monoisotopic (exact) mass is 367 g/mol. The number of nitrogens with zero attached hydrogens (tertiary/aromatic N) is 1. The average molecular weight is 368 g/mol. The van der Waals surface area contributed by atoms with Crippen LogP contribution in [-0.2, 0) is 25.7 Å². The Morgan fingerprint density at radius 2 is 1.88 bits per heavy atom. The van der Waals surface area contributed by atoms with E-state index in [9.17, 15) is 18.8 Å². The molecule has 2 fully saturated rings. The standard InChI is InChI=1S/C18H19ClFNO4/c1-10(18(24)25-9-13-14(19)7-4-8-15(13)20)21-16(22)11-5-2-3-6-12(11)17(21)23/h4,7-8,10-12H,2-3,5-6,9H2,1H3/t10-,11+,12+/m1/s1. The van der Waals surface area contributed by atoms with Crippen molar-refractivity contribution in [2.24, 2.45) is 11.8 Å². The summed E-state index contributed by atoms with van der Waals surface area (Å²) < 4.78 is 18.8. The van der Waals surface area contributed by atoms with Crippen LogP contribution in [0.4, 0.5) is 4.39 Å². The molecule has 134 valence electrons. The number of esters is 1. The zero-order valence-corrected chi connectivity index (χ0v) is 14.6. The third-order valence-electron chi connectivity index (χ3n) is 5.02. The Hall–Kier alpha value is -1.95. The molecule has 3 atom stereocenters. The molecular weight excluding hydrogens is 349 g/mol. The van der Waals surface area contributed by atoms with Crippen LogP contribution in [0.2, 0.25) is 5.02 Å². The quantitative estimate of drug-likeness (QED) is 0.606. The largest absolute Gasteiger partial charge is 0.459 e. The lowest BCUT2D eigenvalue weighted by Crippen LogP contribution is -2.44. The fourth-order valence-electron chi connectivity index (χ4n) is 3.61. The number of benzene rings is 1. The molecule has 1 aromatic carbocycles. The molecule has 0 radical (unpaired) electrons. The molecule has 7 heteroatoms. The molecule has 0 spiro atoms. The molecule has 25 heavy (non-hydrogen) atoms. The first kappa shape index (κ1) is 17.9. The number of amides is 2. The number of rotatable bonds is 4. The van der Waals surface area contributed by atoms with Gasteiger partial charge in [0, 0.05) is 5.56 Å². The molecular formula is C18H19ClFNO4. The molecule has 0 N–H and O–H groups in total. The van der Waals surface area contributed by atoms with Crippen LogP contribution in [0, 0.1) is 17.7 Å². The summed E-state index contributed by atoms with van der Waals surface area (Å²) in [4.78, 5) is 38.3. The fourth-order valence-corrected chi connectivity index (χ4v) is 3.83. The molecule has 2 amide bonds. The van der Waals surface area contributed by atoms with Crippen LogP contribution in [0.15, 0.2) is 18.2 Å². The highest BCUT2D eigenvalue weighted by Gasteiger charge is 2.51. The molecule has 1 saturated heterocycles. The predicted octanol–water partition coefficient (Wildman–Crippen LogP) is 3.09. The van der Waals surface area contributed by atoms with Gasteiger partial charge >= 0.3 is 5.97 Å². The first-order chi connectivity index (χ1) is 11.9. The molecule has 1 heterocycles. The maximum absolute atomic E-state index is 13.7. The minimum absolute atomic E-state index is 0.0671. The van der Waals surface area contributed by atoms with Crippen LogP contribution in [-0.4, -0.2) is 28.7 Å². The van der Waals surface area contributed by atoms with Gasteiger partial charge in [0.05, 0.1) is 16.9 Å². The Morgan fingerprint density at radius 3 is 2.44 bits per heavy atom. The highest BCUT2D eigenvalue weighted by Crippen LogP contribution is 2.39. The van der Waals surface area contributed by atoms with Crippen molar-refractivity contribution in [1.29, 1.82) is 0 Å². The summed E-state index contributed by atoms with van der Waals surface area (Å²) in [5, 5.41) is 0.153. The number of imide groups is 1. The fraction of sp³-hybridized carbons (Fsp3) is 0.500. The van der Waals surface area contributed by atoms with Crippen molar-refractivity contribution in [2.75, 3.05) is 0 Å². The van der Waals surface area contributed by atoms with Crippen molar-refractivity contribution < 1.29 is 23.5 Å². The maximum Gasteiger partial charge on any atom is 0.329 e. The second kappa shape index (κ2) is 7.12. The van der Waals surface area contributed by atoms with Crippen molar-refractivity contribution in [3.8, 4) is 0 Å². The van der Waals surface area contributed by atoms with E-state index >= 15 is 0 Å².